The van der Waals surface area contributed by atoms with E-state index in [0.29, 0.717) is 5.92 Å². The molecule has 0 N–H and O–H groups in total. The topological polar surface area (TPSA) is 25.8 Å². The second kappa shape index (κ2) is 2.55. The zero-order valence-corrected chi connectivity index (χ0v) is 7.93. The van der Waals surface area contributed by atoms with Gasteiger partial charge in [-0.1, -0.05) is 0 Å². The van der Waals surface area contributed by atoms with E-state index in [1.54, 1.807) is 0 Å². The molecule has 1 aliphatic carbocycles. The fourth-order valence-corrected chi connectivity index (χ4v) is 1.20. The van der Waals surface area contributed by atoms with Crippen LogP contribution in [0.1, 0.15) is 30.3 Å². The molecule has 1 saturated carbocycles. The van der Waals surface area contributed by atoms with Crippen molar-refractivity contribution >= 4 is 15.9 Å². The van der Waals surface area contributed by atoms with E-state index in [-0.39, 0.29) is 0 Å². The Balaban J connectivity index is 2.36. The van der Waals surface area contributed by atoms with E-state index < -0.39 is 0 Å². The smallest absolute Gasteiger partial charge is 0.131 e. The standard InChI is InChI=1S/C8H9BrN2/c1-5-7(9)4-10-8(11-5)6-2-3-6/h4,6H,2-3H2,1H3. The molecule has 11 heavy (non-hydrogen) atoms. The third-order valence-corrected chi connectivity index (χ3v) is 2.66. The van der Waals surface area contributed by atoms with Gasteiger partial charge in [0.25, 0.3) is 0 Å². The van der Waals surface area contributed by atoms with Gasteiger partial charge in [0.2, 0.25) is 0 Å². The number of aryl methyl sites for hydroxylation is 1. The van der Waals surface area contributed by atoms with Gasteiger partial charge in [-0.05, 0) is 35.7 Å². The van der Waals surface area contributed by atoms with Crippen LogP contribution in [-0.4, -0.2) is 9.97 Å². The maximum atomic E-state index is 4.38. The largest absolute Gasteiger partial charge is 0.240 e. The molecule has 0 unspecified atom stereocenters. The summed E-state index contributed by atoms with van der Waals surface area (Å²) < 4.78 is 1.00. The molecule has 2 nitrogen and oxygen atoms in total. The van der Waals surface area contributed by atoms with Crippen LogP contribution in [0.25, 0.3) is 0 Å². The quantitative estimate of drug-likeness (QED) is 0.715. The lowest BCUT2D eigenvalue weighted by Gasteiger charge is -1.99. The van der Waals surface area contributed by atoms with E-state index in [1.165, 1.54) is 12.8 Å². The molecule has 0 aromatic carbocycles. The minimum atomic E-state index is 0.654. The summed E-state index contributed by atoms with van der Waals surface area (Å²) in [6.45, 7) is 2.00. The highest BCUT2D eigenvalue weighted by Crippen LogP contribution is 2.38. The Hall–Kier alpha value is -0.440. The molecular formula is C8H9BrN2. The average molecular weight is 213 g/mol. The predicted octanol–water partition coefficient (Wildman–Crippen LogP) is 2.42. The highest BCUT2D eigenvalue weighted by molar-refractivity contribution is 9.10. The lowest BCUT2D eigenvalue weighted by atomic mass is 10.3. The van der Waals surface area contributed by atoms with Gasteiger partial charge in [0.05, 0.1) is 10.2 Å². The molecular weight excluding hydrogens is 204 g/mol. The summed E-state index contributed by atoms with van der Waals surface area (Å²) in [4.78, 5) is 8.62. The molecule has 1 aromatic heterocycles. The Labute approximate surface area is 74.2 Å². The van der Waals surface area contributed by atoms with Gasteiger partial charge in [0.1, 0.15) is 5.82 Å². The SMILES string of the molecule is Cc1nc(C2CC2)ncc1Br. The number of hydrogen-bond acceptors (Lipinski definition) is 2. The molecule has 0 radical (unpaired) electrons. The monoisotopic (exact) mass is 212 g/mol. The van der Waals surface area contributed by atoms with Crippen LogP contribution in [0, 0.1) is 6.92 Å². The molecule has 1 fully saturated rings. The second-order valence-electron chi connectivity index (χ2n) is 2.94. The summed E-state index contributed by atoms with van der Waals surface area (Å²) in [5.74, 6) is 1.67. The predicted molar refractivity (Wildman–Crippen MR) is 46.4 cm³/mol. The summed E-state index contributed by atoms with van der Waals surface area (Å²) >= 11 is 3.37. The van der Waals surface area contributed by atoms with Crippen LogP contribution in [0.15, 0.2) is 10.7 Å². The fourth-order valence-electron chi connectivity index (χ4n) is 1.01. The van der Waals surface area contributed by atoms with Crippen molar-refractivity contribution in [2.24, 2.45) is 0 Å². The summed E-state index contributed by atoms with van der Waals surface area (Å²) in [5.41, 5.74) is 1.04. The van der Waals surface area contributed by atoms with Crippen molar-refractivity contribution in [2.75, 3.05) is 0 Å². The number of halogens is 1. The Bertz CT molecular complexity index is 281. The molecule has 3 heteroatoms. The van der Waals surface area contributed by atoms with Crippen molar-refractivity contribution in [1.82, 2.24) is 9.97 Å². The van der Waals surface area contributed by atoms with Crippen LogP contribution >= 0.6 is 15.9 Å². The van der Waals surface area contributed by atoms with Crippen molar-refractivity contribution in [3.05, 3.63) is 22.2 Å². The van der Waals surface area contributed by atoms with E-state index in [4.69, 9.17) is 0 Å². The normalized spacial score (nSPS) is 16.9. The molecule has 0 saturated heterocycles. The van der Waals surface area contributed by atoms with Gasteiger partial charge < -0.3 is 0 Å². The molecule has 1 aliphatic rings. The van der Waals surface area contributed by atoms with Crippen molar-refractivity contribution in [2.45, 2.75) is 25.7 Å². The number of nitrogens with zero attached hydrogens (tertiary/aromatic N) is 2. The van der Waals surface area contributed by atoms with Gasteiger partial charge in [-0.25, -0.2) is 9.97 Å². The van der Waals surface area contributed by atoms with E-state index >= 15 is 0 Å². The van der Waals surface area contributed by atoms with E-state index in [9.17, 15) is 0 Å². The zero-order chi connectivity index (χ0) is 7.84. The van der Waals surface area contributed by atoms with Gasteiger partial charge in [0.15, 0.2) is 0 Å². The van der Waals surface area contributed by atoms with Crippen molar-refractivity contribution in [1.29, 1.82) is 0 Å². The first kappa shape index (κ1) is 7.22. The minimum Gasteiger partial charge on any atom is -0.240 e. The van der Waals surface area contributed by atoms with E-state index in [1.807, 2.05) is 13.1 Å². The summed E-state index contributed by atoms with van der Waals surface area (Å²) in [6.07, 6.45) is 4.37. The van der Waals surface area contributed by atoms with E-state index in [0.717, 1.165) is 16.0 Å². The molecule has 58 valence electrons. The number of aromatic nitrogens is 2. The molecule has 0 amide bonds. The highest BCUT2D eigenvalue weighted by atomic mass is 79.9. The first-order valence-corrected chi connectivity index (χ1v) is 4.55. The first-order chi connectivity index (χ1) is 5.27. The number of hydrogen-bond donors (Lipinski definition) is 0. The molecule has 1 heterocycles. The molecule has 0 atom stereocenters. The molecule has 0 spiro atoms. The Morgan fingerprint density at radius 2 is 2.27 bits per heavy atom. The molecule has 1 aromatic rings. The number of rotatable bonds is 1. The lowest BCUT2D eigenvalue weighted by molar-refractivity contribution is 0.899. The van der Waals surface area contributed by atoms with Gasteiger partial charge in [-0.3, -0.25) is 0 Å². The van der Waals surface area contributed by atoms with Crippen LogP contribution in [0.3, 0.4) is 0 Å². The maximum Gasteiger partial charge on any atom is 0.131 e. The van der Waals surface area contributed by atoms with Crippen molar-refractivity contribution in [3.8, 4) is 0 Å². The van der Waals surface area contributed by atoms with Crippen LogP contribution in [0.5, 0.6) is 0 Å². The summed E-state index contributed by atoms with van der Waals surface area (Å²) in [7, 11) is 0. The van der Waals surface area contributed by atoms with Crippen LogP contribution in [0.2, 0.25) is 0 Å². The maximum absolute atomic E-state index is 4.38. The van der Waals surface area contributed by atoms with Gasteiger partial charge in [-0.2, -0.15) is 0 Å². The third kappa shape index (κ3) is 1.43. The highest BCUT2D eigenvalue weighted by Gasteiger charge is 2.26. The summed E-state index contributed by atoms with van der Waals surface area (Å²) in [6, 6.07) is 0. The molecule has 2 rings (SSSR count). The fraction of sp³-hybridized carbons (Fsp3) is 0.500. The van der Waals surface area contributed by atoms with Gasteiger partial charge >= 0.3 is 0 Å². The zero-order valence-electron chi connectivity index (χ0n) is 6.34. The van der Waals surface area contributed by atoms with Crippen LogP contribution in [-0.2, 0) is 0 Å². The summed E-state index contributed by atoms with van der Waals surface area (Å²) in [5, 5.41) is 0. The Kier molecular flexibility index (Phi) is 1.68. The first-order valence-electron chi connectivity index (χ1n) is 3.76. The van der Waals surface area contributed by atoms with Crippen LogP contribution in [0.4, 0.5) is 0 Å². The van der Waals surface area contributed by atoms with E-state index in [2.05, 4.69) is 25.9 Å². The molecule has 0 aliphatic heterocycles. The van der Waals surface area contributed by atoms with Crippen molar-refractivity contribution in [3.63, 3.8) is 0 Å². The van der Waals surface area contributed by atoms with Crippen molar-refractivity contribution < 1.29 is 0 Å². The lowest BCUT2D eigenvalue weighted by Crippen LogP contribution is -1.94. The minimum absolute atomic E-state index is 0.654. The van der Waals surface area contributed by atoms with Gasteiger partial charge in [0, 0.05) is 12.1 Å². The Morgan fingerprint density at radius 3 is 2.82 bits per heavy atom. The second-order valence-corrected chi connectivity index (χ2v) is 3.79. The van der Waals surface area contributed by atoms with Gasteiger partial charge in [-0.15, -0.1) is 0 Å². The average Bonchev–Trinajstić information content (AvgIpc) is 2.77. The Morgan fingerprint density at radius 1 is 1.55 bits per heavy atom. The van der Waals surface area contributed by atoms with Crippen LogP contribution < -0.4 is 0 Å². The third-order valence-electron chi connectivity index (χ3n) is 1.88. The molecule has 0 bridgehead atoms.